The number of carbonyl (C=O) groups excluding carboxylic acids is 1. The molecular weight excluding hydrogens is 363 g/mol. The zero-order valence-electron chi connectivity index (χ0n) is 13.9. The van der Waals surface area contributed by atoms with Crippen molar-refractivity contribution in [2.75, 3.05) is 0 Å². The van der Waals surface area contributed by atoms with E-state index in [1.807, 2.05) is 0 Å². The predicted molar refractivity (Wildman–Crippen MR) is 92.8 cm³/mol. The summed E-state index contributed by atoms with van der Waals surface area (Å²) in [6.07, 6.45) is 2.01. The lowest BCUT2D eigenvalue weighted by atomic mass is 9.94. The molecule has 0 aliphatic heterocycles. The molecule has 1 N–H and O–H groups in total. The molecule has 2 aromatic rings. The molecule has 0 atom stereocenters. The highest BCUT2D eigenvalue weighted by atomic mass is 32.2. The zero-order valence-corrected chi connectivity index (χ0v) is 14.7. The summed E-state index contributed by atoms with van der Waals surface area (Å²) in [4.78, 5) is 20.7. The summed E-state index contributed by atoms with van der Waals surface area (Å²) in [5, 5.41) is 3.83. The van der Waals surface area contributed by atoms with Gasteiger partial charge in [0.15, 0.2) is 5.16 Å². The summed E-state index contributed by atoms with van der Waals surface area (Å²) < 4.78 is 39.2. The molecule has 1 fully saturated rings. The minimum absolute atomic E-state index is 0.114. The van der Waals surface area contributed by atoms with Crippen molar-refractivity contribution in [1.29, 1.82) is 0 Å². The van der Waals surface area contributed by atoms with E-state index in [2.05, 4.69) is 15.3 Å². The summed E-state index contributed by atoms with van der Waals surface area (Å²) in [5.74, 6) is -0.666. The molecule has 4 nitrogen and oxygen atoms in total. The molecule has 1 aliphatic carbocycles. The fraction of sp³-hybridized carbons (Fsp3) is 0.389. The van der Waals surface area contributed by atoms with Crippen molar-refractivity contribution >= 4 is 17.7 Å². The number of nitrogens with zero attached hydrogens (tertiary/aromatic N) is 2. The number of halogens is 3. The van der Waals surface area contributed by atoms with Crippen LogP contribution in [0.25, 0.3) is 0 Å². The van der Waals surface area contributed by atoms with E-state index >= 15 is 0 Å². The molecule has 0 bridgehead atoms. The van der Waals surface area contributed by atoms with E-state index < -0.39 is 17.6 Å². The SMILES string of the molecule is O=C(NC1CCC(Sc2ncccn2)CC1)c1ccccc1C(F)(F)F. The van der Waals surface area contributed by atoms with E-state index in [1.165, 1.54) is 18.2 Å². The van der Waals surface area contributed by atoms with E-state index in [0.29, 0.717) is 5.25 Å². The lowest BCUT2D eigenvalue weighted by Crippen LogP contribution is -2.38. The molecule has 138 valence electrons. The Labute approximate surface area is 153 Å². The summed E-state index contributed by atoms with van der Waals surface area (Å²) in [7, 11) is 0. The van der Waals surface area contributed by atoms with Crippen molar-refractivity contribution in [3.63, 3.8) is 0 Å². The van der Waals surface area contributed by atoms with Gasteiger partial charge in [-0.25, -0.2) is 9.97 Å². The number of benzene rings is 1. The summed E-state index contributed by atoms with van der Waals surface area (Å²) in [6.45, 7) is 0. The molecule has 0 saturated heterocycles. The van der Waals surface area contributed by atoms with Crippen molar-refractivity contribution in [1.82, 2.24) is 15.3 Å². The van der Waals surface area contributed by atoms with Crippen molar-refractivity contribution in [2.24, 2.45) is 0 Å². The second-order valence-corrected chi connectivity index (χ2v) is 7.41. The first kappa shape index (κ1) is 18.7. The van der Waals surface area contributed by atoms with Gasteiger partial charge in [-0.05, 0) is 43.9 Å². The highest BCUT2D eigenvalue weighted by molar-refractivity contribution is 7.99. The molecule has 1 heterocycles. The minimum Gasteiger partial charge on any atom is -0.349 e. The van der Waals surface area contributed by atoms with Gasteiger partial charge in [-0.15, -0.1) is 0 Å². The van der Waals surface area contributed by atoms with Gasteiger partial charge in [0.05, 0.1) is 11.1 Å². The average Bonchev–Trinajstić information content (AvgIpc) is 2.63. The summed E-state index contributed by atoms with van der Waals surface area (Å²) in [6, 6.07) is 6.52. The van der Waals surface area contributed by atoms with Gasteiger partial charge in [0.2, 0.25) is 0 Å². The van der Waals surface area contributed by atoms with Gasteiger partial charge in [0, 0.05) is 23.7 Å². The van der Waals surface area contributed by atoms with Crippen LogP contribution in [-0.4, -0.2) is 27.2 Å². The third-order valence-corrected chi connectivity index (χ3v) is 5.53. The standard InChI is InChI=1S/C18H18F3N3OS/c19-18(20,21)15-5-2-1-4-14(15)16(25)24-12-6-8-13(9-7-12)26-17-22-10-3-11-23-17/h1-5,10-13H,6-9H2,(H,24,25). The molecule has 1 aliphatic rings. The second kappa shape index (κ2) is 8.07. The van der Waals surface area contributed by atoms with Crippen molar-refractivity contribution in [3.05, 3.63) is 53.9 Å². The molecule has 1 saturated carbocycles. The lowest BCUT2D eigenvalue weighted by Gasteiger charge is -2.28. The number of thioether (sulfide) groups is 1. The molecule has 1 amide bonds. The van der Waals surface area contributed by atoms with Crippen LogP contribution in [0.2, 0.25) is 0 Å². The number of nitrogens with one attached hydrogen (secondary N) is 1. The van der Waals surface area contributed by atoms with E-state index in [4.69, 9.17) is 0 Å². The Morgan fingerprint density at radius 3 is 2.35 bits per heavy atom. The molecule has 1 aromatic heterocycles. The first-order valence-electron chi connectivity index (χ1n) is 8.34. The molecule has 3 rings (SSSR count). The van der Waals surface area contributed by atoms with Gasteiger partial charge in [0.1, 0.15) is 0 Å². The van der Waals surface area contributed by atoms with Crippen molar-refractivity contribution in [3.8, 4) is 0 Å². The third kappa shape index (κ3) is 4.75. The molecule has 0 radical (unpaired) electrons. The van der Waals surface area contributed by atoms with Gasteiger partial charge in [-0.1, -0.05) is 23.9 Å². The van der Waals surface area contributed by atoms with Crippen LogP contribution in [0, 0.1) is 0 Å². The smallest absolute Gasteiger partial charge is 0.349 e. The molecule has 26 heavy (non-hydrogen) atoms. The average molecular weight is 381 g/mol. The quantitative estimate of drug-likeness (QED) is 0.801. The maximum absolute atomic E-state index is 13.1. The Morgan fingerprint density at radius 2 is 1.69 bits per heavy atom. The number of rotatable bonds is 4. The number of aromatic nitrogens is 2. The van der Waals surface area contributed by atoms with E-state index in [9.17, 15) is 18.0 Å². The fourth-order valence-corrected chi connectivity index (χ4v) is 4.06. The number of hydrogen-bond donors (Lipinski definition) is 1. The van der Waals surface area contributed by atoms with Gasteiger partial charge < -0.3 is 5.32 Å². The topological polar surface area (TPSA) is 54.9 Å². The summed E-state index contributed by atoms with van der Waals surface area (Å²) in [5.41, 5.74) is -1.22. The largest absolute Gasteiger partial charge is 0.417 e. The van der Waals surface area contributed by atoms with Gasteiger partial charge >= 0.3 is 6.18 Å². The zero-order chi connectivity index (χ0) is 18.6. The van der Waals surface area contributed by atoms with Crippen LogP contribution < -0.4 is 5.32 Å². The monoisotopic (exact) mass is 381 g/mol. The maximum atomic E-state index is 13.1. The molecular formula is C18H18F3N3OS. The first-order valence-corrected chi connectivity index (χ1v) is 9.22. The minimum atomic E-state index is -4.54. The van der Waals surface area contributed by atoms with Crippen molar-refractivity contribution in [2.45, 2.75) is 48.3 Å². The Kier molecular flexibility index (Phi) is 5.80. The first-order chi connectivity index (χ1) is 12.4. The van der Waals surface area contributed by atoms with E-state index in [0.717, 1.165) is 36.9 Å². The lowest BCUT2D eigenvalue weighted by molar-refractivity contribution is -0.137. The molecule has 1 aromatic carbocycles. The Hall–Kier alpha value is -2.09. The van der Waals surface area contributed by atoms with Crippen LogP contribution in [0.4, 0.5) is 13.2 Å². The number of hydrogen-bond acceptors (Lipinski definition) is 4. The normalized spacial score (nSPS) is 20.6. The van der Waals surface area contributed by atoms with Crippen LogP contribution in [0.5, 0.6) is 0 Å². The molecule has 0 unspecified atom stereocenters. The Bertz CT molecular complexity index is 747. The van der Waals surface area contributed by atoms with Crippen LogP contribution in [0.3, 0.4) is 0 Å². The predicted octanol–water partition coefficient (Wildman–Crippen LogP) is 4.33. The van der Waals surface area contributed by atoms with Crippen LogP contribution >= 0.6 is 11.8 Å². The molecule has 8 heteroatoms. The summed E-state index contributed by atoms with van der Waals surface area (Å²) >= 11 is 1.60. The number of alkyl halides is 3. The second-order valence-electron chi connectivity index (χ2n) is 6.14. The maximum Gasteiger partial charge on any atom is 0.417 e. The Morgan fingerprint density at radius 1 is 1.04 bits per heavy atom. The van der Waals surface area contributed by atoms with Gasteiger partial charge in [-0.2, -0.15) is 13.2 Å². The molecule has 0 spiro atoms. The van der Waals surface area contributed by atoms with E-state index in [-0.39, 0.29) is 11.6 Å². The third-order valence-electron chi connectivity index (χ3n) is 4.30. The highest BCUT2D eigenvalue weighted by Crippen LogP contribution is 2.33. The highest BCUT2D eigenvalue weighted by Gasteiger charge is 2.35. The van der Waals surface area contributed by atoms with Gasteiger partial charge in [0.25, 0.3) is 5.91 Å². The van der Waals surface area contributed by atoms with Crippen molar-refractivity contribution < 1.29 is 18.0 Å². The number of carbonyl (C=O) groups is 1. The van der Waals surface area contributed by atoms with E-state index in [1.54, 1.807) is 30.2 Å². The number of amides is 1. The Balaban J connectivity index is 1.56. The van der Waals surface area contributed by atoms with Crippen LogP contribution in [0.1, 0.15) is 41.6 Å². The van der Waals surface area contributed by atoms with Crippen LogP contribution in [-0.2, 0) is 6.18 Å². The fourth-order valence-electron chi connectivity index (χ4n) is 3.01. The van der Waals surface area contributed by atoms with Crippen LogP contribution in [0.15, 0.2) is 47.9 Å². The van der Waals surface area contributed by atoms with Gasteiger partial charge in [-0.3, -0.25) is 4.79 Å².